The number of benzene rings is 8. The second-order valence-electron chi connectivity index (χ2n) is 14.6. The molecule has 0 N–H and O–H groups in total. The maximum atomic E-state index is 2.50. The first-order valence-electron chi connectivity index (χ1n) is 19.1. The van der Waals surface area contributed by atoms with Crippen LogP contribution in [-0.2, 0) is 6.42 Å². The zero-order valence-electron chi connectivity index (χ0n) is 30.5. The lowest BCUT2D eigenvalue weighted by Gasteiger charge is -2.27. The summed E-state index contributed by atoms with van der Waals surface area (Å²) in [5.74, 6) is 5.00. The minimum absolute atomic E-state index is 1.00. The Labute approximate surface area is 324 Å². The fraction of sp³-hybridized carbons (Fsp3) is 0.0185. The van der Waals surface area contributed by atoms with E-state index in [1.54, 1.807) is 0 Å². The van der Waals surface area contributed by atoms with E-state index >= 15 is 0 Å². The maximum absolute atomic E-state index is 2.50. The van der Waals surface area contributed by atoms with E-state index in [4.69, 9.17) is 0 Å². The van der Waals surface area contributed by atoms with E-state index in [1.807, 2.05) is 0 Å². The van der Waals surface area contributed by atoms with E-state index in [2.05, 4.69) is 224 Å². The molecule has 8 aromatic rings. The van der Waals surface area contributed by atoms with Gasteiger partial charge in [0.15, 0.2) is 0 Å². The van der Waals surface area contributed by atoms with E-state index in [9.17, 15) is 0 Å². The summed E-state index contributed by atoms with van der Waals surface area (Å²) < 4.78 is 0. The predicted octanol–water partition coefficient (Wildman–Crippen LogP) is 13.3. The van der Waals surface area contributed by atoms with Crippen molar-refractivity contribution in [1.29, 1.82) is 0 Å². The zero-order chi connectivity index (χ0) is 36.6. The summed E-state index contributed by atoms with van der Waals surface area (Å²) >= 11 is 0. The third kappa shape index (κ3) is 6.26. The predicted molar refractivity (Wildman–Crippen MR) is 239 cm³/mol. The van der Waals surface area contributed by atoms with Crippen molar-refractivity contribution in [3.8, 4) is 55.6 Å². The van der Waals surface area contributed by atoms with Crippen molar-refractivity contribution in [2.75, 3.05) is 0 Å². The molecule has 1 heteroatoms. The number of allylic oxidation sites excluding steroid dienone is 3. The minimum atomic E-state index is -2.03. The van der Waals surface area contributed by atoms with Gasteiger partial charge in [-0.3, -0.25) is 0 Å². The van der Waals surface area contributed by atoms with Crippen LogP contribution in [0.5, 0.6) is 0 Å². The third-order valence-electron chi connectivity index (χ3n) is 11.3. The highest BCUT2D eigenvalue weighted by molar-refractivity contribution is 7.91. The van der Waals surface area contributed by atoms with Gasteiger partial charge in [0.2, 0.25) is 0 Å². The molecule has 0 nitrogen and oxygen atoms in total. The van der Waals surface area contributed by atoms with Crippen molar-refractivity contribution in [2.24, 2.45) is 0 Å². The number of rotatable bonds is 7. The average molecular weight is 719 g/mol. The van der Waals surface area contributed by atoms with Crippen LogP contribution in [0, 0.1) is 0 Å². The summed E-state index contributed by atoms with van der Waals surface area (Å²) in [5, 5.41) is 2.71. The second kappa shape index (κ2) is 14.1. The van der Waals surface area contributed by atoms with Gasteiger partial charge in [0.1, 0.15) is 0 Å². The Bertz CT molecular complexity index is 2780. The maximum Gasteiger partial charge on any atom is -0.00132 e. The fourth-order valence-electron chi connectivity index (χ4n) is 8.31. The largest absolute Gasteiger partial charge is 0.0622 e. The molecule has 0 spiro atoms. The van der Waals surface area contributed by atoms with Gasteiger partial charge in [0.25, 0.3) is 0 Å². The van der Waals surface area contributed by atoms with Crippen molar-refractivity contribution in [1.82, 2.24) is 0 Å². The van der Waals surface area contributed by atoms with Gasteiger partial charge in [-0.15, -0.1) is 0 Å². The fourth-order valence-corrected chi connectivity index (χ4v) is 11.5. The molecule has 1 heterocycles. The standard InChI is InChI=1S/C54H39P/c1-3-10-39(11-4-1)41-18-20-42(21-19-41)45-32-34-55(35-33-45,51-27-22-43(23-28-51)47-16-9-15-46(36-47)40-12-5-2-6-13-40)52-29-24-44(25-30-52)48-26-31-54-50(37-48)38-49-14-7-8-17-53(49)54/h1-37H,38H2. The van der Waals surface area contributed by atoms with Crippen molar-refractivity contribution in [3.63, 3.8) is 0 Å². The lowest BCUT2D eigenvalue weighted by molar-refractivity contribution is 1.26. The van der Waals surface area contributed by atoms with E-state index in [-0.39, 0.29) is 0 Å². The Balaban J connectivity index is 1.01. The van der Waals surface area contributed by atoms with Gasteiger partial charge in [-0.1, -0.05) is 218 Å². The van der Waals surface area contributed by atoms with Gasteiger partial charge in [0.05, 0.1) is 0 Å². The highest BCUT2D eigenvalue weighted by Gasteiger charge is 2.23. The van der Waals surface area contributed by atoms with Crippen molar-refractivity contribution < 1.29 is 0 Å². The first kappa shape index (κ1) is 33.1. The molecular formula is C54H39P. The number of fused-ring (bicyclic) bond motifs is 3. The summed E-state index contributed by atoms with van der Waals surface area (Å²) in [6.07, 6.45) is 5.71. The molecule has 1 aliphatic heterocycles. The van der Waals surface area contributed by atoms with Crippen LogP contribution in [-0.4, -0.2) is 5.80 Å². The molecule has 2 aliphatic rings. The van der Waals surface area contributed by atoms with Gasteiger partial charge in [-0.2, -0.15) is 0 Å². The molecule has 0 amide bonds. The average Bonchev–Trinajstić information content (AvgIpc) is 3.65. The van der Waals surface area contributed by atoms with Crippen LogP contribution in [0.2, 0.25) is 0 Å². The van der Waals surface area contributed by atoms with Gasteiger partial charge < -0.3 is 0 Å². The van der Waals surface area contributed by atoms with Crippen LogP contribution >= 0.6 is 6.89 Å². The summed E-state index contributed by atoms with van der Waals surface area (Å²) in [6, 6.07) is 73.6. The Kier molecular flexibility index (Phi) is 8.48. The summed E-state index contributed by atoms with van der Waals surface area (Å²) in [5.41, 5.74) is 18.0. The van der Waals surface area contributed by atoms with Crippen molar-refractivity contribution >= 4 is 28.9 Å². The molecule has 260 valence electrons. The van der Waals surface area contributed by atoms with Crippen molar-refractivity contribution in [3.05, 3.63) is 235 Å². The van der Waals surface area contributed by atoms with Crippen molar-refractivity contribution in [2.45, 2.75) is 6.42 Å². The summed E-state index contributed by atoms with van der Waals surface area (Å²) in [6.45, 7) is -2.03. The molecule has 0 fully saturated rings. The first-order chi connectivity index (χ1) is 27.2. The molecule has 0 saturated carbocycles. The smallest absolute Gasteiger partial charge is 0.00132 e. The Morgan fingerprint density at radius 3 is 1.40 bits per heavy atom. The van der Waals surface area contributed by atoms with Crippen LogP contribution in [0.1, 0.15) is 16.7 Å². The topological polar surface area (TPSA) is 0 Å². The molecule has 1 atom stereocenters. The Hall–Kier alpha value is -6.46. The molecular weight excluding hydrogens is 680 g/mol. The lowest BCUT2D eigenvalue weighted by atomic mass is 9.99. The highest BCUT2D eigenvalue weighted by Crippen LogP contribution is 2.50. The van der Waals surface area contributed by atoms with E-state index in [0.717, 1.165) is 6.42 Å². The monoisotopic (exact) mass is 718 g/mol. The summed E-state index contributed by atoms with van der Waals surface area (Å²) in [4.78, 5) is 0. The normalized spacial score (nSPS) is 15.5. The highest BCUT2D eigenvalue weighted by atomic mass is 31.2. The molecule has 10 rings (SSSR count). The van der Waals surface area contributed by atoms with Crippen LogP contribution in [0.15, 0.2) is 218 Å². The van der Waals surface area contributed by atoms with E-state index in [1.165, 1.54) is 88.5 Å². The van der Waals surface area contributed by atoms with E-state index in [0.29, 0.717) is 0 Å². The minimum Gasteiger partial charge on any atom is -0.0622 e. The number of hydrogen-bond acceptors (Lipinski definition) is 0. The molecule has 0 aromatic heterocycles. The second-order valence-corrected chi connectivity index (χ2v) is 17.7. The SMILES string of the molecule is C1=CP(c2ccc(-c3cccc(-c4ccccc4)c3)cc2)(c2ccc(-c3ccc4c(c3)Cc3ccccc3-4)cc2)=CC=C1c1ccc(-c2ccccc2)cc1. The first-order valence-corrected chi connectivity index (χ1v) is 21.0. The molecule has 0 radical (unpaired) electrons. The molecule has 8 aromatic carbocycles. The quantitative estimate of drug-likeness (QED) is 0.144. The third-order valence-corrected chi connectivity index (χ3v) is 14.9. The van der Waals surface area contributed by atoms with E-state index < -0.39 is 6.89 Å². The summed E-state index contributed by atoms with van der Waals surface area (Å²) in [7, 11) is 0. The van der Waals surface area contributed by atoms with Crippen LogP contribution < -0.4 is 10.6 Å². The molecule has 1 unspecified atom stereocenters. The Morgan fingerprint density at radius 1 is 0.327 bits per heavy atom. The van der Waals surface area contributed by atoms with Crippen LogP contribution in [0.25, 0.3) is 61.2 Å². The molecule has 55 heavy (non-hydrogen) atoms. The van der Waals surface area contributed by atoms with Crippen LogP contribution in [0.3, 0.4) is 0 Å². The van der Waals surface area contributed by atoms with Crippen LogP contribution in [0.4, 0.5) is 0 Å². The van der Waals surface area contributed by atoms with Gasteiger partial charge in [0, 0.05) is 0 Å². The zero-order valence-corrected chi connectivity index (χ0v) is 31.4. The van der Waals surface area contributed by atoms with Gasteiger partial charge in [-0.25, -0.2) is 0 Å². The van der Waals surface area contributed by atoms with Gasteiger partial charge >= 0.3 is 0 Å². The Morgan fingerprint density at radius 2 is 0.782 bits per heavy atom. The molecule has 0 bridgehead atoms. The van der Waals surface area contributed by atoms with Gasteiger partial charge in [-0.05, 0) is 108 Å². The molecule has 0 saturated heterocycles. The molecule has 1 aliphatic carbocycles. The lowest BCUT2D eigenvalue weighted by Crippen LogP contribution is -2.17. The number of hydrogen-bond donors (Lipinski definition) is 0.